The molecule has 0 amide bonds. The van der Waals surface area contributed by atoms with Crippen LogP contribution in [0.4, 0.5) is 0 Å². The molecule has 2 aliphatic heterocycles. The largest absolute Gasteiger partial charge is 0.394 e. The van der Waals surface area contributed by atoms with Gasteiger partial charge in [0.05, 0.1) is 25.4 Å². The van der Waals surface area contributed by atoms with Crippen molar-refractivity contribution in [2.45, 2.75) is 39.4 Å². The highest BCUT2D eigenvalue weighted by molar-refractivity contribution is 4.90. The molecule has 2 saturated heterocycles. The maximum absolute atomic E-state index is 9.37. The first kappa shape index (κ1) is 17.2. The highest BCUT2D eigenvalue weighted by Crippen LogP contribution is 2.30. The van der Waals surface area contributed by atoms with Crippen molar-refractivity contribution >= 4 is 0 Å². The molecule has 3 atom stereocenters. The van der Waals surface area contributed by atoms with Gasteiger partial charge in [0.1, 0.15) is 0 Å². The van der Waals surface area contributed by atoms with E-state index in [4.69, 9.17) is 9.47 Å². The number of aliphatic hydroxyl groups is 1. The second kappa shape index (κ2) is 7.88. The number of aliphatic hydroxyl groups excluding tert-OH is 1. The molecule has 0 aromatic rings. The van der Waals surface area contributed by atoms with Gasteiger partial charge in [0, 0.05) is 38.2 Å². The smallest absolute Gasteiger partial charge is 0.0936 e. The van der Waals surface area contributed by atoms with Crippen LogP contribution in [0.25, 0.3) is 0 Å². The molecule has 124 valence electrons. The van der Waals surface area contributed by atoms with Gasteiger partial charge in [-0.15, -0.1) is 0 Å². The van der Waals surface area contributed by atoms with Crippen molar-refractivity contribution in [1.29, 1.82) is 0 Å². The molecule has 2 N–H and O–H groups in total. The molecule has 2 fully saturated rings. The Bertz CT molecular complexity index is 306. The Morgan fingerprint density at radius 2 is 2.19 bits per heavy atom. The molecule has 3 unspecified atom stereocenters. The quantitative estimate of drug-likeness (QED) is 0.726. The SMILES string of the molecule is CC(C)CNCC1(CN2CC(C)OC(CO)C2)CCOC1. The molecule has 2 rings (SSSR count). The van der Waals surface area contributed by atoms with Gasteiger partial charge in [-0.3, -0.25) is 4.90 Å². The van der Waals surface area contributed by atoms with E-state index in [1.165, 1.54) is 0 Å². The lowest BCUT2D eigenvalue weighted by atomic mass is 9.86. The van der Waals surface area contributed by atoms with Crippen molar-refractivity contribution in [1.82, 2.24) is 10.2 Å². The number of hydrogen-bond acceptors (Lipinski definition) is 5. The summed E-state index contributed by atoms with van der Waals surface area (Å²) < 4.78 is 11.4. The number of morpholine rings is 1. The zero-order chi connectivity index (χ0) is 15.3. The number of nitrogens with zero attached hydrogens (tertiary/aromatic N) is 1. The normalized spacial score (nSPS) is 34.7. The van der Waals surface area contributed by atoms with Crippen LogP contribution in [-0.4, -0.2) is 74.8 Å². The van der Waals surface area contributed by atoms with E-state index in [0.717, 1.165) is 52.4 Å². The Hall–Kier alpha value is -0.200. The summed E-state index contributed by atoms with van der Waals surface area (Å²) in [5, 5.41) is 13.0. The van der Waals surface area contributed by atoms with Gasteiger partial charge in [0.15, 0.2) is 0 Å². The van der Waals surface area contributed by atoms with Crippen LogP contribution in [0.15, 0.2) is 0 Å². The molecule has 2 heterocycles. The lowest BCUT2D eigenvalue weighted by Gasteiger charge is -2.41. The molecule has 0 spiro atoms. The fourth-order valence-corrected chi connectivity index (χ4v) is 3.44. The molecule has 0 radical (unpaired) electrons. The summed E-state index contributed by atoms with van der Waals surface area (Å²) in [6.45, 7) is 13.2. The highest BCUT2D eigenvalue weighted by atomic mass is 16.5. The van der Waals surface area contributed by atoms with Crippen molar-refractivity contribution in [3.05, 3.63) is 0 Å². The molecule has 0 saturated carbocycles. The summed E-state index contributed by atoms with van der Waals surface area (Å²) in [6, 6.07) is 0. The van der Waals surface area contributed by atoms with E-state index in [1.807, 2.05) is 0 Å². The molecule has 5 nitrogen and oxygen atoms in total. The predicted molar refractivity (Wildman–Crippen MR) is 83.4 cm³/mol. The van der Waals surface area contributed by atoms with E-state index in [-0.39, 0.29) is 24.2 Å². The molecule has 0 bridgehead atoms. The fraction of sp³-hybridized carbons (Fsp3) is 1.00. The van der Waals surface area contributed by atoms with Gasteiger partial charge in [0.25, 0.3) is 0 Å². The van der Waals surface area contributed by atoms with E-state index in [0.29, 0.717) is 5.92 Å². The average Bonchev–Trinajstić information content (AvgIpc) is 2.86. The van der Waals surface area contributed by atoms with Crippen molar-refractivity contribution in [3.63, 3.8) is 0 Å². The summed E-state index contributed by atoms with van der Waals surface area (Å²) >= 11 is 0. The lowest BCUT2D eigenvalue weighted by molar-refractivity contribution is -0.103. The third kappa shape index (κ3) is 5.18. The van der Waals surface area contributed by atoms with Crippen LogP contribution in [-0.2, 0) is 9.47 Å². The van der Waals surface area contributed by atoms with Gasteiger partial charge in [0.2, 0.25) is 0 Å². The topological polar surface area (TPSA) is 54.0 Å². The van der Waals surface area contributed by atoms with Crippen molar-refractivity contribution in [2.24, 2.45) is 11.3 Å². The first-order valence-electron chi connectivity index (χ1n) is 8.30. The Kier molecular flexibility index (Phi) is 6.44. The summed E-state index contributed by atoms with van der Waals surface area (Å²) in [5.74, 6) is 0.673. The highest BCUT2D eigenvalue weighted by Gasteiger charge is 2.38. The van der Waals surface area contributed by atoms with Gasteiger partial charge in [-0.1, -0.05) is 13.8 Å². The number of ether oxygens (including phenoxy) is 2. The Morgan fingerprint density at radius 1 is 1.38 bits per heavy atom. The van der Waals surface area contributed by atoms with E-state index in [1.54, 1.807) is 0 Å². The van der Waals surface area contributed by atoms with Crippen LogP contribution in [0.1, 0.15) is 27.2 Å². The Labute approximate surface area is 129 Å². The standard InChI is InChI=1S/C16H32N2O3/c1-13(2)6-17-10-16(4-5-20-12-16)11-18-7-14(3)21-15(8-18)9-19/h13-15,17,19H,4-12H2,1-3H3. The van der Waals surface area contributed by atoms with E-state index >= 15 is 0 Å². The molecule has 21 heavy (non-hydrogen) atoms. The molecule has 0 aromatic carbocycles. The maximum atomic E-state index is 9.37. The molecule has 5 heteroatoms. The number of nitrogens with one attached hydrogen (secondary N) is 1. The van der Waals surface area contributed by atoms with Crippen LogP contribution in [0.2, 0.25) is 0 Å². The third-order valence-corrected chi connectivity index (χ3v) is 4.40. The summed E-state index contributed by atoms with van der Waals surface area (Å²) in [4.78, 5) is 2.45. The van der Waals surface area contributed by atoms with Crippen LogP contribution in [0, 0.1) is 11.3 Å². The number of hydrogen-bond donors (Lipinski definition) is 2. The molecule has 0 aromatic heterocycles. The second-order valence-electron chi connectivity index (χ2n) is 7.27. The molecular formula is C16H32N2O3. The zero-order valence-corrected chi connectivity index (χ0v) is 13.8. The fourth-order valence-electron chi connectivity index (χ4n) is 3.44. The minimum Gasteiger partial charge on any atom is -0.394 e. The van der Waals surface area contributed by atoms with E-state index in [2.05, 4.69) is 31.0 Å². The second-order valence-corrected chi connectivity index (χ2v) is 7.27. The molecule has 2 aliphatic rings. The van der Waals surface area contributed by atoms with Gasteiger partial charge in [-0.05, 0) is 25.8 Å². The van der Waals surface area contributed by atoms with E-state index < -0.39 is 0 Å². The molecular weight excluding hydrogens is 268 g/mol. The zero-order valence-electron chi connectivity index (χ0n) is 13.8. The van der Waals surface area contributed by atoms with Gasteiger partial charge < -0.3 is 19.9 Å². The summed E-state index contributed by atoms with van der Waals surface area (Å²) in [6.07, 6.45) is 1.27. The minimum atomic E-state index is -0.0447. The third-order valence-electron chi connectivity index (χ3n) is 4.40. The molecule has 0 aliphatic carbocycles. The predicted octanol–water partition coefficient (Wildman–Crippen LogP) is 0.720. The van der Waals surface area contributed by atoms with Gasteiger partial charge >= 0.3 is 0 Å². The number of rotatable bonds is 7. The summed E-state index contributed by atoms with van der Waals surface area (Å²) in [5.41, 5.74) is 0.214. The minimum absolute atomic E-state index is 0.0447. The lowest BCUT2D eigenvalue weighted by Crippen LogP contribution is -2.53. The van der Waals surface area contributed by atoms with E-state index in [9.17, 15) is 5.11 Å². The maximum Gasteiger partial charge on any atom is 0.0936 e. The Balaban J connectivity index is 1.89. The Morgan fingerprint density at radius 3 is 2.81 bits per heavy atom. The summed E-state index contributed by atoms with van der Waals surface area (Å²) in [7, 11) is 0. The first-order valence-corrected chi connectivity index (χ1v) is 8.30. The van der Waals surface area contributed by atoms with Crippen molar-refractivity contribution in [2.75, 3.05) is 52.5 Å². The van der Waals surface area contributed by atoms with Gasteiger partial charge in [-0.25, -0.2) is 0 Å². The van der Waals surface area contributed by atoms with Crippen LogP contribution < -0.4 is 5.32 Å². The average molecular weight is 300 g/mol. The van der Waals surface area contributed by atoms with Crippen molar-refractivity contribution in [3.8, 4) is 0 Å². The van der Waals surface area contributed by atoms with Crippen LogP contribution in [0.5, 0.6) is 0 Å². The first-order chi connectivity index (χ1) is 10.0. The van der Waals surface area contributed by atoms with Crippen LogP contribution in [0.3, 0.4) is 0 Å². The monoisotopic (exact) mass is 300 g/mol. The van der Waals surface area contributed by atoms with Crippen molar-refractivity contribution < 1.29 is 14.6 Å². The van der Waals surface area contributed by atoms with Gasteiger partial charge in [-0.2, -0.15) is 0 Å². The van der Waals surface area contributed by atoms with Crippen LogP contribution >= 0.6 is 0 Å².